The standard InChI is InChI=1S/C26H22N4O3S/c1-17(25(31)27-15-18-12-13-21-22(14-18)33-16-32-21)34-26-28-23(19-8-4-2-5-9-19)24(29-30-26)20-10-6-3-7-11-20/h2-14,17H,15-16H2,1H3,(H,27,31)/t17-/m0/s1. The molecule has 2 heterocycles. The average molecular weight is 471 g/mol. The molecule has 8 heteroatoms. The molecule has 1 atom stereocenters. The number of thioether (sulfide) groups is 1. The van der Waals surface area contributed by atoms with Gasteiger partial charge in [0.15, 0.2) is 11.5 Å². The fourth-order valence-electron chi connectivity index (χ4n) is 3.54. The van der Waals surface area contributed by atoms with E-state index in [0.29, 0.717) is 23.1 Å². The summed E-state index contributed by atoms with van der Waals surface area (Å²) in [5.41, 5.74) is 4.25. The number of nitrogens with zero attached hydrogens (tertiary/aromatic N) is 3. The third kappa shape index (κ3) is 4.87. The van der Waals surface area contributed by atoms with Crippen molar-refractivity contribution in [1.29, 1.82) is 0 Å². The quantitative estimate of drug-likeness (QED) is 0.391. The lowest BCUT2D eigenvalue weighted by Gasteiger charge is -2.13. The van der Waals surface area contributed by atoms with Crippen molar-refractivity contribution >= 4 is 17.7 Å². The molecule has 34 heavy (non-hydrogen) atoms. The first kappa shape index (κ1) is 21.9. The Hall–Kier alpha value is -3.91. The minimum atomic E-state index is -0.401. The summed E-state index contributed by atoms with van der Waals surface area (Å²) in [6.45, 7) is 2.44. The maximum Gasteiger partial charge on any atom is 0.233 e. The first-order valence-electron chi connectivity index (χ1n) is 10.9. The molecule has 3 aromatic carbocycles. The van der Waals surface area contributed by atoms with Crippen molar-refractivity contribution in [3.8, 4) is 34.0 Å². The number of carbonyl (C=O) groups is 1. The molecule has 170 valence electrons. The summed E-state index contributed by atoms with van der Waals surface area (Å²) in [6, 6.07) is 25.4. The smallest absolute Gasteiger partial charge is 0.233 e. The number of nitrogens with one attached hydrogen (secondary N) is 1. The summed E-state index contributed by atoms with van der Waals surface area (Å²) in [7, 11) is 0. The van der Waals surface area contributed by atoms with Crippen LogP contribution in [0.25, 0.3) is 22.5 Å². The Bertz CT molecular complexity index is 1300. The highest BCUT2D eigenvalue weighted by Crippen LogP contribution is 2.33. The number of hydrogen-bond donors (Lipinski definition) is 1. The number of carbonyl (C=O) groups excluding carboxylic acids is 1. The molecule has 0 saturated heterocycles. The van der Waals surface area contributed by atoms with Gasteiger partial charge in [0.1, 0.15) is 11.4 Å². The summed E-state index contributed by atoms with van der Waals surface area (Å²) in [4.78, 5) is 17.5. The highest BCUT2D eigenvalue weighted by atomic mass is 32.2. The molecule has 0 bridgehead atoms. The molecular weight excluding hydrogens is 448 g/mol. The Balaban J connectivity index is 1.31. The first-order valence-corrected chi connectivity index (χ1v) is 11.7. The second kappa shape index (κ2) is 9.93. The summed E-state index contributed by atoms with van der Waals surface area (Å²) < 4.78 is 10.7. The Labute approximate surface area is 201 Å². The maximum absolute atomic E-state index is 12.7. The van der Waals surface area contributed by atoms with Crippen molar-refractivity contribution < 1.29 is 14.3 Å². The van der Waals surface area contributed by atoms with Gasteiger partial charge in [0.2, 0.25) is 17.9 Å². The van der Waals surface area contributed by atoms with Crippen LogP contribution in [0.15, 0.2) is 84.0 Å². The highest BCUT2D eigenvalue weighted by Gasteiger charge is 2.20. The van der Waals surface area contributed by atoms with Gasteiger partial charge < -0.3 is 14.8 Å². The van der Waals surface area contributed by atoms with Gasteiger partial charge >= 0.3 is 0 Å². The number of ether oxygens (including phenoxy) is 2. The number of hydrogen-bond acceptors (Lipinski definition) is 7. The van der Waals surface area contributed by atoms with Crippen LogP contribution in [0.3, 0.4) is 0 Å². The Kier molecular flexibility index (Phi) is 6.40. The zero-order chi connectivity index (χ0) is 23.3. The predicted molar refractivity (Wildman–Crippen MR) is 130 cm³/mol. The first-order chi connectivity index (χ1) is 16.7. The summed E-state index contributed by atoms with van der Waals surface area (Å²) in [5.74, 6) is 1.30. The SMILES string of the molecule is C[C@H](Sc1nnc(-c2ccccc2)c(-c2ccccc2)n1)C(=O)NCc1ccc2c(c1)OCO2. The van der Waals surface area contributed by atoms with Crippen molar-refractivity contribution in [2.75, 3.05) is 6.79 Å². The van der Waals surface area contributed by atoms with Gasteiger partial charge in [-0.2, -0.15) is 0 Å². The number of fused-ring (bicyclic) bond motifs is 1. The van der Waals surface area contributed by atoms with Gasteiger partial charge in [-0.15, -0.1) is 10.2 Å². The molecule has 1 N–H and O–H groups in total. The van der Waals surface area contributed by atoms with E-state index in [-0.39, 0.29) is 12.7 Å². The summed E-state index contributed by atoms with van der Waals surface area (Å²) in [6.07, 6.45) is 0. The van der Waals surface area contributed by atoms with Gasteiger partial charge in [-0.05, 0) is 24.6 Å². The normalized spacial score (nSPS) is 12.9. The number of rotatable bonds is 7. The molecule has 0 spiro atoms. The van der Waals surface area contributed by atoms with Crippen LogP contribution in [-0.2, 0) is 11.3 Å². The average Bonchev–Trinajstić information content (AvgIpc) is 3.36. The molecule has 5 rings (SSSR count). The van der Waals surface area contributed by atoms with Gasteiger partial charge in [-0.1, -0.05) is 78.5 Å². The monoisotopic (exact) mass is 470 g/mol. The van der Waals surface area contributed by atoms with Gasteiger partial charge in [0.05, 0.1) is 5.25 Å². The van der Waals surface area contributed by atoms with E-state index in [1.54, 1.807) is 0 Å². The molecule has 1 aliphatic heterocycles. The zero-order valence-corrected chi connectivity index (χ0v) is 19.3. The Morgan fingerprint density at radius 1 is 0.912 bits per heavy atom. The van der Waals surface area contributed by atoms with Gasteiger partial charge in [-0.3, -0.25) is 4.79 Å². The summed E-state index contributed by atoms with van der Waals surface area (Å²) in [5, 5.41) is 11.8. The third-order valence-corrected chi connectivity index (χ3v) is 6.27. The maximum atomic E-state index is 12.7. The zero-order valence-electron chi connectivity index (χ0n) is 18.5. The molecule has 1 aliphatic rings. The van der Waals surface area contributed by atoms with E-state index >= 15 is 0 Å². The van der Waals surface area contributed by atoms with E-state index in [1.165, 1.54) is 11.8 Å². The topological polar surface area (TPSA) is 86.2 Å². The lowest BCUT2D eigenvalue weighted by atomic mass is 10.0. The fourth-order valence-corrected chi connectivity index (χ4v) is 4.28. The molecule has 0 fully saturated rings. The highest BCUT2D eigenvalue weighted by molar-refractivity contribution is 8.00. The van der Waals surface area contributed by atoms with E-state index in [9.17, 15) is 4.79 Å². The lowest BCUT2D eigenvalue weighted by Crippen LogP contribution is -2.30. The molecule has 0 radical (unpaired) electrons. The van der Waals surface area contributed by atoms with Crippen LogP contribution in [0.5, 0.6) is 11.5 Å². The molecular formula is C26H22N4O3S. The summed E-state index contributed by atoms with van der Waals surface area (Å²) >= 11 is 1.28. The molecule has 0 saturated carbocycles. The van der Waals surface area contributed by atoms with E-state index in [1.807, 2.05) is 85.8 Å². The molecule has 0 aliphatic carbocycles. The van der Waals surface area contributed by atoms with Crippen LogP contribution in [0.1, 0.15) is 12.5 Å². The molecule has 4 aromatic rings. The van der Waals surface area contributed by atoms with E-state index in [0.717, 1.165) is 28.1 Å². The van der Waals surface area contributed by atoms with Crippen LogP contribution in [0, 0.1) is 0 Å². The molecule has 0 unspecified atom stereocenters. The van der Waals surface area contributed by atoms with Crippen LogP contribution < -0.4 is 14.8 Å². The van der Waals surface area contributed by atoms with Crippen LogP contribution in [0.4, 0.5) is 0 Å². The van der Waals surface area contributed by atoms with Crippen molar-refractivity contribution in [3.05, 3.63) is 84.4 Å². The van der Waals surface area contributed by atoms with Crippen LogP contribution >= 0.6 is 11.8 Å². The minimum absolute atomic E-state index is 0.111. The second-order valence-corrected chi connectivity index (χ2v) is 9.00. The third-order valence-electron chi connectivity index (χ3n) is 5.32. The van der Waals surface area contributed by atoms with E-state index in [4.69, 9.17) is 14.5 Å². The van der Waals surface area contributed by atoms with Crippen molar-refractivity contribution in [3.63, 3.8) is 0 Å². The fraction of sp³-hybridized carbons (Fsp3) is 0.154. The minimum Gasteiger partial charge on any atom is -0.454 e. The predicted octanol–water partition coefficient (Wildman–Crippen LogP) is 4.73. The van der Waals surface area contributed by atoms with Crippen molar-refractivity contribution in [2.45, 2.75) is 23.9 Å². The molecule has 1 amide bonds. The number of aromatic nitrogens is 3. The molecule has 7 nitrogen and oxygen atoms in total. The van der Waals surface area contributed by atoms with Gasteiger partial charge in [0, 0.05) is 17.7 Å². The van der Waals surface area contributed by atoms with Crippen LogP contribution in [-0.4, -0.2) is 33.1 Å². The lowest BCUT2D eigenvalue weighted by molar-refractivity contribution is -0.120. The van der Waals surface area contributed by atoms with Gasteiger partial charge in [0.25, 0.3) is 0 Å². The Morgan fingerprint density at radius 3 is 2.32 bits per heavy atom. The number of benzene rings is 3. The Morgan fingerprint density at radius 2 is 1.59 bits per heavy atom. The van der Waals surface area contributed by atoms with Gasteiger partial charge in [-0.25, -0.2) is 4.98 Å². The van der Waals surface area contributed by atoms with E-state index < -0.39 is 5.25 Å². The van der Waals surface area contributed by atoms with Crippen molar-refractivity contribution in [1.82, 2.24) is 20.5 Å². The van der Waals surface area contributed by atoms with E-state index in [2.05, 4.69) is 15.5 Å². The number of amides is 1. The molecule has 1 aromatic heterocycles. The van der Waals surface area contributed by atoms with Crippen molar-refractivity contribution in [2.24, 2.45) is 0 Å². The van der Waals surface area contributed by atoms with Crippen LogP contribution in [0.2, 0.25) is 0 Å². The second-order valence-electron chi connectivity index (χ2n) is 7.69. The largest absolute Gasteiger partial charge is 0.454 e.